The third kappa shape index (κ3) is 3.49. The Balaban J connectivity index is 2.69. The van der Waals surface area contributed by atoms with Crippen molar-refractivity contribution in [3.63, 3.8) is 0 Å². The smallest absolute Gasteiger partial charge is 0.165 e. The number of rotatable bonds is 5. The lowest BCUT2D eigenvalue weighted by Gasteiger charge is -2.14. The molecule has 0 aliphatic heterocycles. The number of hydrogen-bond donors (Lipinski definition) is 1. The summed E-state index contributed by atoms with van der Waals surface area (Å²) >= 11 is 0. The molecule has 1 unspecified atom stereocenters. The number of halogens is 1. The van der Waals surface area contributed by atoms with Crippen LogP contribution in [0.5, 0.6) is 5.75 Å². The average molecular weight is 213 g/mol. The molecule has 3 nitrogen and oxygen atoms in total. The van der Waals surface area contributed by atoms with Crippen molar-refractivity contribution < 1.29 is 13.9 Å². The minimum Gasteiger partial charge on any atom is -0.485 e. The van der Waals surface area contributed by atoms with E-state index >= 15 is 0 Å². The monoisotopic (exact) mass is 213 g/mol. The normalized spacial score (nSPS) is 12.5. The molecule has 0 saturated carbocycles. The van der Waals surface area contributed by atoms with E-state index < -0.39 is 0 Å². The molecule has 0 heterocycles. The zero-order valence-corrected chi connectivity index (χ0v) is 9.00. The Labute approximate surface area is 89.0 Å². The topological polar surface area (TPSA) is 44.5 Å². The van der Waals surface area contributed by atoms with Gasteiger partial charge in [-0.1, -0.05) is 6.07 Å². The zero-order valence-electron chi connectivity index (χ0n) is 9.00. The highest BCUT2D eigenvalue weighted by Gasteiger charge is 2.08. The van der Waals surface area contributed by atoms with Gasteiger partial charge in [-0.05, 0) is 24.6 Å². The molecule has 15 heavy (non-hydrogen) atoms. The van der Waals surface area contributed by atoms with Gasteiger partial charge >= 0.3 is 0 Å². The Morgan fingerprint density at radius 3 is 2.73 bits per heavy atom. The van der Waals surface area contributed by atoms with E-state index in [-0.39, 0.29) is 17.7 Å². The van der Waals surface area contributed by atoms with Crippen LogP contribution in [-0.4, -0.2) is 19.8 Å². The Morgan fingerprint density at radius 2 is 2.20 bits per heavy atom. The molecule has 0 bridgehead atoms. The van der Waals surface area contributed by atoms with Crippen molar-refractivity contribution in [3.8, 4) is 5.75 Å². The van der Waals surface area contributed by atoms with Gasteiger partial charge in [-0.2, -0.15) is 0 Å². The summed E-state index contributed by atoms with van der Waals surface area (Å²) in [6.45, 7) is 2.57. The second-order valence-corrected chi connectivity index (χ2v) is 3.35. The summed E-state index contributed by atoms with van der Waals surface area (Å²) in [6.07, 6.45) is -0.173. The van der Waals surface area contributed by atoms with Gasteiger partial charge in [0, 0.05) is 13.7 Å². The highest BCUT2D eigenvalue weighted by Crippen LogP contribution is 2.19. The molecule has 1 rings (SSSR count). The van der Waals surface area contributed by atoms with Crippen molar-refractivity contribution >= 4 is 0 Å². The Hall–Kier alpha value is -1.13. The van der Waals surface area contributed by atoms with E-state index in [1.165, 1.54) is 6.07 Å². The second kappa shape index (κ2) is 5.68. The molecule has 4 heteroatoms. The summed E-state index contributed by atoms with van der Waals surface area (Å²) in [7, 11) is 1.58. The fraction of sp³-hybridized carbons (Fsp3) is 0.455. The standard InChI is InChI=1S/C11H16FNO2/c1-8(7-14-2)15-11-4-3-9(6-13)5-10(11)12/h3-5,8H,6-7,13H2,1-2H3. The lowest BCUT2D eigenvalue weighted by Crippen LogP contribution is -2.18. The van der Waals surface area contributed by atoms with Crippen LogP contribution in [0.2, 0.25) is 0 Å². The van der Waals surface area contributed by atoms with Crippen LogP contribution >= 0.6 is 0 Å². The van der Waals surface area contributed by atoms with E-state index in [2.05, 4.69) is 0 Å². The summed E-state index contributed by atoms with van der Waals surface area (Å²) < 4.78 is 23.7. The van der Waals surface area contributed by atoms with Crippen molar-refractivity contribution in [1.82, 2.24) is 0 Å². The summed E-state index contributed by atoms with van der Waals surface area (Å²) in [5.41, 5.74) is 6.14. The van der Waals surface area contributed by atoms with Gasteiger partial charge in [0.25, 0.3) is 0 Å². The zero-order chi connectivity index (χ0) is 11.3. The number of methoxy groups -OCH3 is 1. The number of hydrogen-bond acceptors (Lipinski definition) is 3. The lowest BCUT2D eigenvalue weighted by molar-refractivity contribution is 0.0892. The average Bonchev–Trinajstić information content (AvgIpc) is 2.21. The minimum absolute atomic E-state index is 0.173. The van der Waals surface area contributed by atoms with E-state index in [1.54, 1.807) is 19.2 Å². The first kappa shape index (κ1) is 11.9. The van der Waals surface area contributed by atoms with Crippen molar-refractivity contribution in [2.45, 2.75) is 19.6 Å². The van der Waals surface area contributed by atoms with Crippen LogP contribution in [0.25, 0.3) is 0 Å². The summed E-state index contributed by atoms with van der Waals surface area (Å²) in [6, 6.07) is 4.72. The van der Waals surface area contributed by atoms with E-state index in [4.69, 9.17) is 15.2 Å². The van der Waals surface area contributed by atoms with Gasteiger partial charge in [0.1, 0.15) is 6.10 Å². The van der Waals surface area contributed by atoms with E-state index in [0.717, 1.165) is 5.56 Å². The first-order valence-electron chi connectivity index (χ1n) is 4.81. The van der Waals surface area contributed by atoms with Crippen molar-refractivity contribution in [3.05, 3.63) is 29.6 Å². The molecule has 0 aliphatic rings. The molecule has 0 amide bonds. The van der Waals surface area contributed by atoms with Crippen LogP contribution in [0.1, 0.15) is 12.5 Å². The predicted octanol–water partition coefficient (Wildman–Crippen LogP) is 1.70. The van der Waals surface area contributed by atoms with E-state index in [0.29, 0.717) is 13.2 Å². The van der Waals surface area contributed by atoms with Crippen molar-refractivity contribution in [2.75, 3.05) is 13.7 Å². The van der Waals surface area contributed by atoms with Gasteiger partial charge in [0.15, 0.2) is 11.6 Å². The van der Waals surface area contributed by atoms with Crippen LogP contribution in [-0.2, 0) is 11.3 Å². The van der Waals surface area contributed by atoms with Crippen LogP contribution in [0.15, 0.2) is 18.2 Å². The molecule has 2 N–H and O–H groups in total. The Kier molecular flexibility index (Phi) is 4.52. The summed E-state index contributed by atoms with van der Waals surface area (Å²) in [5.74, 6) is -0.155. The van der Waals surface area contributed by atoms with Gasteiger partial charge in [0.2, 0.25) is 0 Å². The highest BCUT2D eigenvalue weighted by atomic mass is 19.1. The van der Waals surface area contributed by atoms with E-state index in [9.17, 15) is 4.39 Å². The van der Waals surface area contributed by atoms with Crippen LogP contribution in [0.3, 0.4) is 0 Å². The van der Waals surface area contributed by atoms with Gasteiger partial charge < -0.3 is 15.2 Å². The lowest BCUT2D eigenvalue weighted by atomic mass is 10.2. The van der Waals surface area contributed by atoms with Crippen LogP contribution in [0.4, 0.5) is 4.39 Å². The van der Waals surface area contributed by atoms with Gasteiger partial charge in [-0.15, -0.1) is 0 Å². The highest BCUT2D eigenvalue weighted by molar-refractivity contribution is 5.29. The first-order valence-corrected chi connectivity index (χ1v) is 4.81. The maximum absolute atomic E-state index is 13.4. The molecule has 0 fully saturated rings. The van der Waals surface area contributed by atoms with Crippen LogP contribution < -0.4 is 10.5 Å². The Morgan fingerprint density at radius 1 is 1.47 bits per heavy atom. The number of benzene rings is 1. The first-order chi connectivity index (χ1) is 7.17. The SMILES string of the molecule is COCC(C)Oc1ccc(CN)cc1F. The summed E-state index contributed by atoms with van der Waals surface area (Å²) in [5, 5.41) is 0. The maximum atomic E-state index is 13.4. The molecule has 0 aromatic heterocycles. The number of ether oxygens (including phenoxy) is 2. The molecule has 0 saturated heterocycles. The molecule has 0 radical (unpaired) electrons. The van der Waals surface area contributed by atoms with Crippen LogP contribution in [0, 0.1) is 5.82 Å². The molecule has 0 spiro atoms. The minimum atomic E-state index is -0.388. The maximum Gasteiger partial charge on any atom is 0.165 e. The van der Waals surface area contributed by atoms with Gasteiger partial charge in [-0.3, -0.25) is 0 Å². The Bertz CT molecular complexity index is 317. The van der Waals surface area contributed by atoms with Gasteiger partial charge in [0.05, 0.1) is 6.61 Å². The second-order valence-electron chi connectivity index (χ2n) is 3.35. The van der Waals surface area contributed by atoms with Crippen molar-refractivity contribution in [2.24, 2.45) is 5.73 Å². The fourth-order valence-corrected chi connectivity index (χ4v) is 1.25. The molecule has 84 valence electrons. The molecule has 0 aliphatic carbocycles. The molecule has 1 atom stereocenters. The summed E-state index contributed by atoms with van der Waals surface area (Å²) in [4.78, 5) is 0. The third-order valence-electron chi connectivity index (χ3n) is 1.96. The molecule has 1 aromatic carbocycles. The fourth-order valence-electron chi connectivity index (χ4n) is 1.25. The van der Waals surface area contributed by atoms with Crippen molar-refractivity contribution in [1.29, 1.82) is 0 Å². The molecular weight excluding hydrogens is 197 g/mol. The molecule has 1 aromatic rings. The molecular formula is C11H16FNO2. The number of nitrogens with two attached hydrogens (primary N) is 1. The van der Waals surface area contributed by atoms with E-state index in [1.807, 2.05) is 6.92 Å². The largest absolute Gasteiger partial charge is 0.485 e. The quantitative estimate of drug-likeness (QED) is 0.809. The third-order valence-corrected chi connectivity index (χ3v) is 1.96. The van der Waals surface area contributed by atoms with Gasteiger partial charge in [-0.25, -0.2) is 4.39 Å². The predicted molar refractivity (Wildman–Crippen MR) is 56.3 cm³/mol.